The Morgan fingerprint density at radius 1 is 1.20 bits per heavy atom. The number of aliphatic hydroxyl groups is 1. The number of hydrogen-bond acceptors (Lipinski definition) is 2. The van der Waals surface area contributed by atoms with Crippen LogP contribution in [0, 0.1) is 5.92 Å². The van der Waals surface area contributed by atoms with Crippen molar-refractivity contribution in [3.63, 3.8) is 0 Å². The quantitative estimate of drug-likeness (QED) is 0.432. The van der Waals surface area contributed by atoms with Gasteiger partial charge in [0, 0.05) is 6.61 Å². The molecule has 2 nitrogen and oxygen atoms in total. The maximum atomic E-state index is 8.97. The van der Waals surface area contributed by atoms with Gasteiger partial charge < -0.3 is 10.8 Å². The molecular formula is C23H37NO. The Balaban J connectivity index is 1.87. The Labute approximate surface area is 154 Å². The summed E-state index contributed by atoms with van der Waals surface area (Å²) in [6, 6.07) is 7.10. The van der Waals surface area contributed by atoms with Crippen LogP contribution in [-0.2, 0) is 12.8 Å². The van der Waals surface area contributed by atoms with Gasteiger partial charge in [0.15, 0.2) is 0 Å². The fourth-order valence-corrected chi connectivity index (χ4v) is 4.14. The molecule has 0 aromatic heterocycles. The van der Waals surface area contributed by atoms with E-state index < -0.39 is 0 Å². The van der Waals surface area contributed by atoms with Gasteiger partial charge in [-0.25, -0.2) is 0 Å². The number of hydrogen-bond donors (Lipinski definition) is 2. The Morgan fingerprint density at radius 2 is 2.08 bits per heavy atom. The number of fused-ring (bicyclic) bond motifs is 1. The zero-order valence-electron chi connectivity index (χ0n) is 16.1. The average molecular weight is 344 g/mol. The van der Waals surface area contributed by atoms with Gasteiger partial charge >= 0.3 is 0 Å². The molecule has 0 saturated heterocycles. The smallest absolute Gasteiger partial charge is 0.0431 e. The Morgan fingerprint density at radius 3 is 2.84 bits per heavy atom. The van der Waals surface area contributed by atoms with Crippen LogP contribution in [0.5, 0.6) is 0 Å². The van der Waals surface area contributed by atoms with E-state index in [-0.39, 0.29) is 6.61 Å². The van der Waals surface area contributed by atoms with Crippen LogP contribution in [0.2, 0.25) is 0 Å². The van der Waals surface area contributed by atoms with Crippen molar-refractivity contribution in [1.82, 2.24) is 0 Å². The summed E-state index contributed by atoms with van der Waals surface area (Å²) in [6.07, 6.45) is 16.6. The third-order valence-electron chi connectivity index (χ3n) is 5.75. The minimum absolute atomic E-state index is 0.289. The van der Waals surface area contributed by atoms with E-state index in [1.165, 1.54) is 50.5 Å². The van der Waals surface area contributed by atoms with Crippen LogP contribution in [-0.4, -0.2) is 18.3 Å². The van der Waals surface area contributed by atoms with E-state index in [0.29, 0.717) is 12.5 Å². The van der Waals surface area contributed by atoms with Gasteiger partial charge in [-0.3, -0.25) is 0 Å². The molecule has 1 aliphatic carbocycles. The summed E-state index contributed by atoms with van der Waals surface area (Å²) >= 11 is 0. The highest BCUT2D eigenvalue weighted by atomic mass is 16.2. The second-order valence-corrected chi connectivity index (χ2v) is 7.64. The zero-order valence-corrected chi connectivity index (χ0v) is 16.1. The van der Waals surface area contributed by atoms with Crippen molar-refractivity contribution in [2.75, 3.05) is 13.2 Å². The summed E-state index contributed by atoms with van der Waals surface area (Å²) in [7, 11) is 0. The summed E-state index contributed by atoms with van der Waals surface area (Å²) in [4.78, 5) is 0. The molecular weight excluding hydrogens is 306 g/mol. The number of aryl methyl sites for hydroxylation is 1. The van der Waals surface area contributed by atoms with Gasteiger partial charge in [-0.2, -0.15) is 0 Å². The lowest BCUT2D eigenvalue weighted by Gasteiger charge is -2.26. The van der Waals surface area contributed by atoms with Gasteiger partial charge in [0.25, 0.3) is 0 Å². The lowest BCUT2D eigenvalue weighted by atomic mass is 9.79. The van der Waals surface area contributed by atoms with Crippen molar-refractivity contribution in [2.24, 2.45) is 11.7 Å². The molecule has 1 aromatic rings. The van der Waals surface area contributed by atoms with Crippen molar-refractivity contribution in [1.29, 1.82) is 0 Å². The van der Waals surface area contributed by atoms with E-state index in [2.05, 4.69) is 37.3 Å². The van der Waals surface area contributed by atoms with Gasteiger partial charge in [0.1, 0.15) is 0 Å². The molecule has 0 fully saturated rings. The normalized spacial score (nSPS) is 18.4. The van der Waals surface area contributed by atoms with Crippen LogP contribution in [0.3, 0.4) is 0 Å². The molecule has 1 aliphatic rings. The number of rotatable bonds is 11. The summed E-state index contributed by atoms with van der Waals surface area (Å²) in [5.74, 6) is 1.32. The topological polar surface area (TPSA) is 46.2 Å². The molecule has 0 amide bonds. The Bertz CT molecular complexity index is 523. The van der Waals surface area contributed by atoms with E-state index in [9.17, 15) is 0 Å². The molecule has 1 aromatic carbocycles. The second kappa shape index (κ2) is 11.5. The fraction of sp³-hybridized carbons (Fsp3) is 0.652. The van der Waals surface area contributed by atoms with Gasteiger partial charge in [-0.1, -0.05) is 49.6 Å². The van der Waals surface area contributed by atoms with Gasteiger partial charge in [0.2, 0.25) is 0 Å². The van der Waals surface area contributed by atoms with E-state index in [0.717, 1.165) is 25.2 Å². The minimum Gasteiger partial charge on any atom is -0.396 e. The zero-order chi connectivity index (χ0) is 17.9. The molecule has 25 heavy (non-hydrogen) atoms. The van der Waals surface area contributed by atoms with Gasteiger partial charge in [0.05, 0.1) is 0 Å². The lowest BCUT2D eigenvalue weighted by molar-refractivity contribution is 0.281. The second-order valence-electron chi connectivity index (χ2n) is 7.64. The molecule has 2 rings (SSSR count). The molecule has 140 valence electrons. The van der Waals surface area contributed by atoms with Crippen LogP contribution in [0.15, 0.2) is 30.4 Å². The maximum absolute atomic E-state index is 8.97. The standard InChI is InChI=1S/C23H37NO/c1-2-3-4-5-6-9-19-11-12-21-17-22(14-13-20(21)16-19)23(18-24)10-7-8-15-25/h2-3,13-14,17,19,23,25H,4-12,15-16,18,24H2,1H3/b3-2+/t19-,23+/m1/s1. The summed E-state index contributed by atoms with van der Waals surface area (Å²) < 4.78 is 0. The van der Waals surface area contributed by atoms with Crippen molar-refractivity contribution in [2.45, 2.75) is 77.0 Å². The van der Waals surface area contributed by atoms with E-state index in [1.54, 1.807) is 11.1 Å². The van der Waals surface area contributed by atoms with Crippen LogP contribution >= 0.6 is 0 Å². The molecule has 0 heterocycles. The third kappa shape index (κ3) is 6.60. The molecule has 0 unspecified atom stereocenters. The Hall–Kier alpha value is -1.12. The van der Waals surface area contributed by atoms with E-state index in [4.69, 9.17) is 10.8 Å². The van der Waals surface area contributed by atoms with Gasteiger partial charge in [-0.05, 0) is 86.9 Å². The van der Waals surface area contributed by atoms with E-state index >= 15 is 0 Å². The summed E-state index contributed by atoms with van der Waals surface area (Å²) in [6.45, 7) is 3.10. The maximum Gasteiger partial charge on any atom is 0.0431 e. The number of unbranched alkanes of at least 4 members (excludes halogenated alkanes) is 3. The van der Waals surface area contributed by atoms with Crippen molar-refractivity contribution in [3.05, 3.63) is 47.0 Å². The average Bonchev–Trinajstić information content (AvgIpc) is 2.65. The number of nitrogens with two attached hydrogens (primary N) is 1. The van der Waals surface area contributed by atoms with Crippen LogP contribution < -0.4 is 5.73 Å². The van der Waals surface area contributed by atoms with Crippen molar-refractivity contribution in [3.8, 4) is 0 Å². The SMILES string of the molecule is C/C=C/CCCC[C@@H]1CCc2cc([C@H](CN)CCCCO)ccc2C1. The molecule has 2 heteroatoms. The fourth-order valence-electron chi connectivity index (χ4n) is 4.14. The first kappa shape index (κ1) is 20.2. The first-order valence-electron chi connectivity index (χ1n) is 10.3. The molecule has 0 spiro atoms. The molecule has 3 N–H and O–H groups in total. The van der Waals surface area contributed by atoms with Crippen molar-refractivity contribution < 1.29 is 5.11 Å². The van der Waals surface area contributed by atoms with Crippen LogP contribution in [0.1, 0.15) is 80.9 Å². The highest BCUT2D eigenvalue weighted by molar-refractivity contribution is 5.36. The molecule has 0 saturated carbocycles. The molecule has 0 aliphatic heterocycles. The van der Waals surface area contributed by atoms with E-state index in [1.807, 2.05) is 0 Å². The highest BCUT2D eigenvalue weighted by Gasteiger charge is 2.20. The monoisotopic (exact) mass is 343 g/mol. The van der Waals surface area contributed by atoms with Crippen molar-refractivity contribution >= 4 is 0 Å². The van der Waals surface area contributed by atoms with Crippen LogP contribution in [0.4, 0.5) is 0 Å². The van der Waals surface area contributed by atoms with Crippen LogP contribution in [0.25, 0.3) is 0 Å². The minimum atomic E-state index is 0.289. The number of benzene rings is 1. The number of allylic oxidation sites excluding steroid dienone is 2. The lowest BCUT2D eigenvalue weighted by Crippen LogP contribution is -2.17. The van der Waals surface area contributed by atoms with Gasteiger partial charge in [-0.15, -0.1) is 0 Å². The third-order valence-corrected chi connectivity index (χ3v) is 5.75. The predicted octanol–water partition coefficient (Wildman–Crippen LogP) is 5.13. The predicted molar refractivity (Wildman–Crippen MR) is 108 cm³/mol. The number of aliphatic hydroxyl groups excluding tert-OH is 1. The largest absolute Gasteiger partial charge is 0.396 e. The molecule has 0 bridgehead atoms. The highest BCUT2D eigenvalue weighted by Crippen LogP contribution is 2.32. The molecule has 0 radical (unpaired) electrons. The first-order valence-corrected chi connectivity index (χ1v) is 10.3. The summed E-state index contributed by atoms with van der Waals surface area (Å²) in [5.41, 5.74) is 10.5. The Kier molecular flexibility index (Phi) is 9.28. The summed E-state index contributed by atoms with van der Waals surface area (Å²) in [5, 5.41) is 8.97. The molecule has 2 atom stereocenters. The first-order chi connectivity index (χ1) is 12.3.